The zero-order chi connectivity index (χ0) is 24.0. The van der Waals surface area contributed by atoms with Gasteiger partial charge in [0, 0.05) is 0 Å². The molecule has 170 valence electrons. The van der Waals surface area contributed by atoms with Gasteiger partial charge in [0.05, 0.1) is 16.7 Å². The number of aromatic nitrogens is 1. The van der Waals surface area contributed by atoms with Crippen LogP contribution in [-0.2, 0) is 0 Å². The molecule has 0 aliphatic rings. The number of anilines is 1. The lowest BCUT2D eigenvalue weighted by Crippen LogP contribution is -2.10. The van der Waals surface area contributed by atoms with Crippen LogP contribution in [0, 0.1) is 11.3 Å². The maximum atomic E-state index is 12.6. The molecule has 0 saturated heterocycles. The number of allylic oxidation sites excluding steroid dienone is 1. The molecule has 5 rings (SSSR count). The molecule has 0 fully saturated rings. The third-order valence-electron chi connectivity index (χ3n) is 4.85. The highest BCUT2D eigenvalue weighted by molar-refractivity contribution is 7.19. The minimum absolute atomic E-state index is 0.198. The number of furan rings is 1. The number of amides is 1. The first kappa shape index (κ1) is 22.3. The van der Waals surface area contributed by atoms with Gasteiger partial charge in [-0.05, 0) is 59.5 Å². The Morgan fingerprint density at radius 2 is 1.89 bits per heavy atom. The molecule has 0 spiro atoms. The van der Waals surface area contributed by atoms with E-state index in [0.717, 1.165) is 16.2 Å². The molecule has 0 aliphatic carbocycles. The zero-order valence-corrected chi connectivity index (χ0v) is 19.8. The Morgan fingerprint density at radius 3 is 2.63 bits per heavy atom. The molecular formula is C27H17N3O3S2. The van der Waals surface area contributed by atoms with Crippen molar-refractivity contribution in [2.24, 2.45) is 0 Å². The number of nitrogens with zero attached hydrogens (tertiary/aromatic N) is 2. The second-order valence-corrected chi connectivity index (χ2v) is 9.21. The van der Waals surface area contributed by atoms with E-state index in [-0.39, 0.29) is 11.7 Å². The Morgan fingerprint density at radius 1 is 1.03 bits per heavy atom. The van der Waals surface area contributed by atoms with Crippen molar-refractivity contribution in [2.75, 3.05) is 5.32 Å². The minimum atomic E-state index is -0.378. The van der Waals surface area contributed by atoms with Crippen LogP contribution in [0.15, 0.2) is 94.9 Å². The molecule has 5 aromatic rings. The van der Waals surface area contributed by atoms with Crippen LogP contribution in [0.4, 0.5) is 5.00 Å². The summed E-state index contributed by atoms with van der Waals surface area (Å²) in [5.41, 5.74) is 1.79. The number of thiophene rings is 1. The van der Waals surface area contributed by atoms with Crippen LogP contribution < -0.4 is 10.1 Å². The Balaban J connectivity index is 1.47. The third kappa shape index (κ3) is 5.22. The molecule has 1 N–H and O–H groups in total. The number of para-hydroxylation sites is 1. The Kier molecular flexibility index (Phi) is 6.52. The summed E-state index contributed by atoms with van der Waals surface area (Å²) in [5, 5.41) is 15.8. The average Bonchev–Trinajstić information content (AvgIpc) is 3.66. The van der Waals surface area contributed by atoms with Gasteiger partial charge in [0.15, 0.2) is 5.76 Å². The molecule has 2 aromatic carbocycles. The highest BCUT2D eigenvalue weighted by Crippen LogP contribution is 2.38. The highest BCUT2D eigenvalue weighted by Gasteiger charge is 2.20. The fraction of sp³-hybridized carbons (Fsp3) is 0. The van der Waals surface area contributed by atoms with Crippen molar-refractivity contribution < 1.29 is 13.9 Å². The van der Waals surface area contributed by atoms with E-state index < -0.39 is 0 Å². The largest absolute Gasteiger partial charge is 0.459 e. The number of hydrogen-bond donors (Lipinski definition) is 1. The Hall–Kier alpha value is -4.45. The van der Waals surface area contributed by atoms with Crippen molar-refractivity contribution in [3.05, 3.63) is 107 Å². The van der Waals surface area contributed by atoms with Gasteiger partial charge >= 0.3 is 0 Å². The lowest BCUT2D eigenvalue weighted by Gasteiger charge is -2.06. The van der Waals surface area contributed by atoms with E-state index in [9.17, 15) is 10.1 Å². The maximum absolute atomic E-state index is 12.6. The molecule has 0 atom stereocenters. The van der Waals surface area contributed by atoms with Gasteiger partial charge in [-0.2, -0.15) is 5.26 Å². The lowest BCUT2D eigenvalue weighted by atomic mass is 10.1. The molecule has 0 aliphatic heterocycles. The van der Waals surface area contributed by atoms with E-state index in [1.54, 1.807) is 18.2 Å². The molecule has 0 bridgehead atoms. The molecule has 3 heterocycles. The van der Waals surface area contributed by atoms with Gasteiger partial charge < -0.3 is 14.5 Å². The van der Waals surface area contributed by atoms with Crippen LogP contribution in [0.2, 0.25) is 0 Å². The molecule has 0 radical (unpaired) electrons. The second kappa shape index (κ2) is 10.2. The Bertz CT molecular complexity index is 1510. The molecule has 35 heavy (non-hydrogen) atoms. The SMILES string of the molecule is N#CC(=Cc1cccc(Oc2ccccc2)c1)c1nc(-c2cccs2)c(NC(=O)c2ccco2)s1. The molecule has 0 saturated carbocycles. The number of nitrogens with one attached hydrogen (secondary N) is 1. The van der Waals surface area contributed by atoms with E-state index in [2.05, 4.69) is 11.4 Å². The van der Waals surface area contributed by atoms with E-state index in [4.69, 9.17) is 14.1 Å². The topological polar surface area (TPSA) is 88.1 Å². The summed E-state index contributed by atoms with van der Waals surface area (Å²) in [4.78, 5) is 18.2. The quantitative estimate of drug-likeness (QED) is 0.235. The summed E-state index contributed by atoms with van der Waals surface area (Å²) < 4.78 is 11.1. The number of carbonyl (C=O) groups excluding carboxylic acids is 1. The number of hydrogen-bond acceptors (Lipinski definition) is 7. The fourth-order valence-corrected chi connectivity index (χ4v) is 5.00. The predicted molar refractivity (Wildman–Crippen MR) is 139 cm³/mol. The van der Waals surface area contributed by atoms with E-state index in [1.165, 1.54) is 28.9 Å². The summed E-state index contributed by atoms with van der Waals surface area (Å²) in [6.45, 7) is 0. The molecule has 1 amide bonds. The van der Waals surface area contributed by atoms with Crippen molar-refractivity contribution in [2.45, 2.75) is 0 Å². The Labute approximate surface area is 209 Å². The van der Waals surface area contributed by atoms with Gasteiger partial charge in [0.2, 0.25) is 0 Å². The van der Waals surface area contributed by atoms with E-state index in [0.29, 0.717) is 27.0 Å². The molecule has 3 aromatic heterocycles. The van der Waals surface area contributed by atoms with Gasteiger partial charge in [0.25, 0.3) is 5.91 Å². The van der Waals surface area contributed by atoms with Crippen LogP contribution in [-0.4, -0.2) is 10.9 Å². The van der Waals surface area contributed by atoms with Crippen LogP contribution in [0.3, 0.4) is 0 Å². The standard InChI is InChI=1S/C27H17N3O3S2/c28-17-19(15-18-7-4-10-21(16-18)33-20-8-2-1-3-9-20)26-29-24(23-12-6-14-34-23)27(35-26)30-25(31)22-11-5-13-32-22/h1-16H,(H,30,31). The average molecular weight is 496 g/mol. The van der Waals surface area contributed by atoms with Crippen molar-refractivity contribution in [1.82, 2.24) is 4.98 Å². The smallest absolute Gasteiger partial charge is 0.292 e. The van der Waals surface area contributed by atoms with E-state index >= 15 is 0 Å². The monoisotopic (exact) mass is 495 g/mol. The summed E-state index contributed by atoms with van der Waals surface area (Å²) in [7, 11) is 0. The summed E-state index contributed by atoms with van der Waals surface area (Å²) in [5.74, 6) is 1.21. The number of carbonyl (C=O) groups is 1. The van der Waals surface area contributed by atoms with Gasteiger partial charge in [-0.15, -0.1) is 11.3 Å². The summed E-state index contributed by atoms with van der Waals surface area (Å²) in [6, 6.07) is 26.3. The first-order valence-corrected chi connectivity index (χ1v) is 12.2. The van der Waals surface area contributed by atoms with Gasteiger partial charge in [0.1, 0.15) is 33.3 Å². The number of ether oxygens (including phenoxy) is 1. The normalized spacial score (nSPS) is 11.1. The van der Waals surface area contributed by atoms with Crippen molar-refractivity contribution >= 4 is 45.2 Å². The maximum Gasteiger partial charge on any atom is 0.292 e. The van der Waals surface area contributed by atoms with Gasteiger partial charge in [-0.1, -0.05) is 47.7 Å². The minimum Gasteiger partial charge on any atom is -0.459 e. The van der Waals surface area contributed by atoms with Crippen molar-refractivity contribution in [3.63, 3.8) is 0 Å². The number of thiazole rings is 1. The van der Waals surface area contributed by atoms with E-state index in [1.807, 2.05) is 72.1 Å². The predicted octanol–water partition coefficient (Wildman–Crippen LogP) is 7.57. The highest BCUT2D eigenvalue weighted by atomic mass is 32.1. The molecule has 6 nitrogen and oxygen atoms in total. The van der Waals surface area contributed by atoms with Crippen molar-refractivity contribution in [3.8, 4) is 28.1 Å². The zero-order valence-electron chi connectivity index (χ0n) is 18.2. The van der Waals surface area contributed by atoms with Crippen molar-refractivity contribution in [1.29, 1.82) is 5.26 Å². The van der Waals surface area contributed by atoms with Crippen LogP contribution in [0.1, 0.15) is 21.1 Å². The van der Waals surface area contributed by atoms with Crippen LogP contribution in [0.25, 0.3) is 22.2 Å². The second-order valence-electron chi connectivity index (χ2n) is 7.26. The number of rotatable bonds is 7. The summed E-state index contributed by atoms with van der Waals surface area (Å²) in [6.07, 6.45) is 3.20. The van der Waals surface area contributed by atoms with Crippen LogP contribution >= 0.6 is 22.7 Å². The lowest BCUT2D eigenvalue weighted by molar-refractivity contribution is 0.0997. The molecule has 8 heteroatoms. The number of benzene rings is 2. The first-order chi connectivity index (χ1) is 17.2. The van der Waals surface area contributed by atoms with Gasteiger partial charge in [-0.3, -0.25) is 4.79 Å². The van der Waals surface area contributed by atoms with Gasteiger partial charge in [-0.25, -0.2) is 4.98 Å². The number of nitriles is 1. The third-order valence-corrected chi connectivity index (χ3v) is 6.73. The first-order valence-electron chi connectivity index (χ1n) is 10.5. The van der Waals surface area contributed by atoms with Crippen LogP contribution in [0.5, 0.6) is 11.5 Å². The fourth-order valence-electron chi connectivity index (χ4n) is 3.27. The molecular weight excluding hydrogens is 478 g/mol. The molecule has 0 unspecified atom stereocenters. The summed E-state index contributed by atoms with van der Waals surface area (Å²) >= 11 is 2.75.